The van der Waals surface area contributed by atoms with Crippen LogP contribution in [-0.2, 0) is 15.5 Å². The molecule has 1 aliphatic heterocycles. The van der Waals surface area contributed by atoms with E-state index >= 15 is 0 Å². The Labute approximate surface area is 150 Å². The molecule has 0 aromatic heterocycles. The van der Waals surface area contributed by atoms with E-state index in [2.05, 4.69) is 26.0 Å². The van der Waals surface area contributed by atoms with Gasteiger partial charge in [-0.3, -0.25) is 4.21 Å². The van der Waals surface area contributed by atoms with Crippen molar-refractivity contribution < 1.29 is 8.95 Å². The third-order valence-electron chi connectivity index (χ3n) is 5.22. The minimum atomic E-state index is -0.680. The molecule has 0 amide bonds. The summed E-state index contributed by atoms with van der Waals surface area (Å²) in [6, 6.07) is 10.3. The van der Waals surface area contributed by atoms with Gasteiger partial charge in [0.1, 0.15) is 0 Å². The highest BCUT2D eigenvalue weighted by atomic mass is 32.2. The quantitative estimate of drug-likeness (QED) is 0.466. The second kappa shape index (κ2) is 10.0. The predicted molar refractivity (Wildman–Crippen MR) is 104 cm³/mol. The van der Waals surface area contributed by atoms with Gasteiger partial charge in [0.15, 0.2) is 0 Å². The van der Waals surface area contributed by atoms with Crippen molar-refractivity contribution in [3.63, 3.8) is 0 Å². The lowest BCUT2D eigenvalue weighted by Gasteiger charge is -2.33. The van der Waals surface area contributed by atoms with Gasteiger partial charge in [-0.25, -0.2) is 0 Å². The van der Waals surface area contributed by atoms with Gasteiger partial charge >= 0.3 is 0 Å². The van der Waals surface area contributed by atoms with Gasteiger partial charge < -0.3 is 4.74 Å². The van der Waals surface area contributed by atoms with Crippen LogP contribution in [0.1, 0.15) is 70.8 Å². The lowest BCUT2D eigenvalue weighted by atomic mass is 9.92. The van der Waals surface area contributed by atoms with E-state index in [1.165, 1.54) is 24.8 Å². The standard InChI is InChI=1S/C21H32O2S/c1-3-21(14-9-4-5-10-17-24(21)22)15-11-16-23-18-19(2)20-12-7-6-8-13-20/h6-8,12-13,18H,3-5,9-11,14-17H2,1-2H3/b19-18-. The van der Waals surface area contributed by atoms with Gasteiger partial charge in [-0.1, -0.05) is 56.5 Å². The number of hydrogen-bond donors (Lipinski definition) is 0. The first-order valence-electron chi connectivity index (χ1n) is 9.40. The fourth-order valence-corrected chi connectivity index (χ4v) is 5.51. The maximum atomic E-state index is 12.7. The van der Waals surface area contributed by atoms with Crippen LogP contribution in [0.25, 0.3) is 5.57 Å². The smallest absolute Gasteiger partial charge is 0.0874 e. The Morgan fingerprint density at radius 3 is 2.71 bits per heavy atom. The minimum Gasteiger partial charge on any atom is -0.501 e. The summed E-state index contributed by atoms with van der Waals surface area (Å²) in [4.78, 5) is 0. The maximum absolute atomic E-state index is 12.7. The third-order valence-corrected chi connectivity index (χ3v) is 7.55. The molecule has 0 aliphatic carbocycles. The van der Waals surface area contributed by atoms with E-state index in [0.29, 0.717) is 6.61 Å². The molecular formula is C21H32O2S. The van der Waals surface area contributed by atoms with Gasteiger partial charge in [0.05, 0.1) is 12.9 Å². The molecule has 2 nitrogen and oxygen atoms in total. The van der Waals surface area contributed by atoms with Crippen molar-refractivity contribution in [2.45, 2.75) is 70.0 Å². The lowest BCUT2D eigenvalue weighted by Crippen LogP contribution is -2.36. The zero-order valence-corrected chi connectivity index (χ0v) is 16.1. The van der Waals surface area contributed by atoms with Crippen LogP contribution in [0.5, 0.6) is 0 Å². The van der Waals surface area contributed by atoms with Gasteiger partial charge in [-0.05, 0) is 50.2 Å². The van der Waals surface area contributed by atoms with Crippen molar-refractivity contribution in [1.82, 2.24) is 0 Å². The van der Waals surface area contributed by atoms with Gasteiger partial charge in [0, 0.05) is 21.3 Å². The molecule has 0 saturated carbocycles. The molecule has 0 radical (unpaired) electrons. The first-order chi connectivity index (χ1) is 11.7. The Morgan fingerprint density at radius 1 is 1.21 bits per heavy atom. The molecule has 24 heavy (non-hydrogen) atoms. The molecule has 2 rings (SSSR count). The Bertz CT molecular complexity index is 538. The summed E-state index contributed by atoms with van der Waals surface area (Å²) in [5, 5.41) is 0. The van der Waals surface area contributed by atoms with Crippen LogP contribution in [-0.4, -0.2) is 21.3 Å². The molecule has 0 spiro atoms. The zero-order chi connectivity index (χ0) is 17.3. The molecule has 0 bridgehead atoms. The topological polar surface area (TPSA) is 26.3 Å². The molecule has 0 N–H and O–H groups in total. The van der Waals surface area contributed by atoms with Crippen molar-refractivity contribution in [1.29, 1.82) is 0 Å². The van der Waals surface area contributed by atoms with E-state index < -0.39 is 10.8 Å². The number of hydrogen-bond acceptors (Lipinski definition) is 2. The van der Waals surface area contributed by atoms with E-state index in [4.69, 9.17) is 4.74 Å². The normalized spacial score (nSPS) is 25.8. The number of allylic oxidation sites excluding steroid dienone is 1. The molecule has 134 valence electrons. The highest BCUT2D eigenvalue weighted by molar-refractivity contribution is 7.86. The molecule has 1 heterocycles. The fraction of sp³-hybridized carbons (Fsp3) is 0.619. The Hall–Kier alpha value is -1.09. The maximum Gasteiger partial charge on any atom is 0.0874 e. The van der Waals surface area contributed by atoms with E-state index in [1.807, 2.05) is 24.5 Å². The van der Waals surface area contributed by atoms with Crippen LogP contribution in [0.4, 0.5) is 0 Å². The molecule has 2 atom stereocenters. The summed E-state index contributed by atoms with van der Waals surface area (Å²) in [6.45, 7) is 5.00. The number of rotatable bonds is 7. The van der Waals surface area contributed by atoms with Gasteiger partial charge in [-0.15, -0.1) is 0 Å². The van der Waals surface area contributed by atoms with Gasteiger partial charge in [0.25, 0.3) is 0 Å². The first-order valence-corrected chi connectivity index (χ1v) is 10.7. The van der Waals surface area contributed by atoms with Crippen molar-refractivity contribution >= 4 is 16.4 Å². The third kappa shape index (κ3) is 5.47. The number of benzene rings is 1. The van der Waals surface area contributed by atoms with Crippen LogP contribution in [0.2, 0.25) is 0 Å². The van der Waals surface area contributed by atoms with E-state index in [1.54, 1.807) is 0 Å². The molecule has 1 aromatic carbocycles. The lowest BCUT2D eigenvalue weighted by molar-refractivity contribution is 0.234. The highest BCUT2D eigenvalue weighted by Gasteiger charge is 2.34. The molecule has 1 fully saturated rings. The SMILES string of the molecule is CCC1(CCCO/C=C(/C)c2ccccc2)CCCCCCS1=O. The molecule has 3 heteroatoms. The summed E-state index contributed by atoms with van der Waals surface area (Å²) in [5.74, 6) is 0.891. The van der Waals surface area contributed by atoms with Gasteiger partial charge in [0.2, 0.25) is 0 Å². The zero-order valence-electron chi connectivity index (χ0n) is 15.3. The molecule has 1 aliphatic rings. The van der Waals surface area contributed by atoms with E-state index in [9.17, 15) is 4.21 Å². The van der Waals surface area contributed by atoms with Crippen molar-refractivity contribution in [2.75, 3.05) is 12.4 Å². The van der Waals surface area contributed by atoms with Crippen LogP contribution in [0.3, 0.4) is 0 Å². The summed E-state index contributed by atoms with van der Waals surface area (Å²) in [7, 11) is -0.680. The van der Waals surface area contributed by atoms with Gasteiger partial charge in [-0.2, -0.15) is 0 Å². The largest absolute Gasteiger partial charge is 0.501 e. The Balaban J connectivity index is 1.82. The number of ether oxygens (including phenoxy) is 1. The van der Waals surface area contributed by atoms with Crippen LogP contribution >= 0.6 is 0 Å². The molecule has 1 aromatic rings. The van der Waals surface area contributed by atoms with Crippen molar-refractivity contribution in [2.24, 2.45) is 0 Å². The Kier molecular flexibility index (Phi) is 8.04. The van der Waals surface area contributed by atoms with E-state index in [0.717, 1.165) is 43.4 Å². The van der Waals surface area contributed by atoms with Crippen LogP contribution < -0.4 is 0 Å². The highest BCUT2D eigenvalue weighted by Crippen LogP contribution is 2.34. The minimum absolute atomic E-state index is 0.0297. The van der Waals surface area contributed by atoms with Crippen LogP contribution in [0.15, 0.2) is 36.6 Å². The summed E-state index contributed by atoms with van der Waals surface area (Å²) < 4.78 is 18.5. The van der Waals surface area contributed by atoms with Crippen molar-refractivity contribution in [3.8, 4) is 0 Å². The average Bonchev–Trinajstić information content (AvgIpc) is 2.61. The Morgan fingerprint density at radius 2 is 1.96 bits per heavy atom. The predicted octanol–water partition coefficient (Wildman–Crippen LogP) is 5.71. The molecule has 1 saturated heterocycles. The molecular weight excluding hydrogens is 316 g/mol. The van der Waals surface area contributed by atoms with E-state index in [-0.39, 0.29) is 4.75 Å². The summed E-state index contributed by atoms with van der Waals surface area (Å²) in [5.41, 5.74) is 2.35. The molecule has 2 unspecified atom stereocenters. The summed E-state index contributed by atoms with van der Waals surface area (Å²) >= 11 is 0. The average molecular weight is 349 g/mol. The second-order valence-corrected chi connectivity index (χ2v) is 8.86. The monoisotopic (exact) mass is 348 g/mol. The summed E-state index contributed by atoms with van der Waals surface area (Å²) in [6.07, 6.45) is 10.9. The van der Waals surface area contributed by atoms with Crippen molar-refractivity contribution in [3.05, 3.63) is 42.2 Å². The fourth-order valence-electron chi connectivity index (χ4n) is 3.55. The second-order valence-electron chi connectivity index (χ2n) is 6.89. The van der Waals surface area contributed by atoms with Crippen LogP contribution in [0, 0.1) is 0 Å². The first kappa shape index (κ1) is 19.2.